The largest absolute Gasteiger partial charge is 0.440 e. The van der Waals surface area contributed by atoms with Crippen molar-refractivity contribution in [2.45, 2.75) is 6.42 Å². The maximum Gasteiger partial charge on any atom is 0.199 e. The molecule has 4 heteroatoms. The fourth-order valence-corrected chi connectivity index (χ4v) is 2.30. The summed E-state index contributed by atoms with van der Waals surface area (Å²) in [5, 5.41) is 0. The minimum atomic E-state index is 0.586. The molecule has 3 aromatic rings. The Kier molecular flexibility index (Phi) is 4.86. The molecule has 0 fully saturated rings. The van der Waals surface area contributed by atoms with Crippen LogP contribution in [-0.4, -0.2) is 12.1 Å². The van der Waals surface area contributed by atoms with Gasteiger partial charge in [-0.1, -0.05) is 66.7 Å². The molecule has 0 atom stereocenters. The van der Waals surface area contributed by atoms with Gasteiger partial charge < -0.3 is 4.42 Å². The molecule has 3 rings (SSSR count). The van der Waals surface area contributed by atoms with E-state index in [-0.39, 0.29) is 0 Å². The smallest absolute Gasteiger partial charge is 0.199 e. The predicted molar refractivity (Wildman–Crippen MR) is 90.4 cm³/mol. The fourth-order valence-electron chi connectivity index (χ4n) is 2.30. The van der Waals surface area contributed by atoms with Crippen LogP contribution in [0.15, 0.2) is 77.4 Å². The third kappa shape index (κ3) is 3.67. The van der Waals surface area contributed by atoms with Crippen molar-refractivity contribution in [3.63, 3.8) is 0 Å². The summed E-state index contributed by atoms with van der Waals surface area (Å²) in [6.07, 6.45) is 4.20. The first-order valence-electron chi connectivity index (χ1n) is 7.42. The molecule has 0 unspecified atom stereocenters. The number of aromatic nitrogens is 1. The summed E-state index contributed by atoms with van der Waals surface area (Å²) < 4.78 is 6.00. The zero-order valence-corrected chi connectivity index (χ0v) is 12.9. The van der Waals surface area contributed by atoms with Crippen LogP contribution >= 0.6 is 0 Å². The maximum atomic E-state index is 6.00. The van der Waals surface area contributed by atoms with E-state index >= 15 is 0 Å². The molecule has 0 saturated heterocycles. The lowest BCUT2D eigenvalue weighted by molar-refractivity contribution is 0.128. The standard InChI is InChI=1S/C19H18N2O2/c1-22-20-14-8-13-17-21-18(15-9-4-2-5-10-15)19(23-17)16-11-6-3-7-12-16/h2-12,14,20H,13H2,1H3. The van der Waals surface area contributed by atoms with Crippen LogP contribution in [0.25, 0.3) is 22.6 Å². The summed E-state index contributed by atoms with van der Waals surface area (Å²) in [4.78, 5) is 9.43. The first kappa shape index (κ1) is 15.1. The molecule has 4 nitrogen and oxygen atoms in total. The second-order valence-electron chi connectivity index (χ2n) is 4.95. The first-order valence-corrected chi connectivity index (χ1v) is 7.42. The van der Waals surface area contributed by atoms with Crippen LogP contribution in [0.4, 0.5) is 0 Å². The van der Waals surface area contributed by atoms with E-state index in [9.17, 15) is 0 Å². The lowest BCUT2D eigenvalue weighted by atomic mass is 10.1. The second kappa shape index (κ2) is 7.42. The second-order valence-corrected chi connectivity index (χ2v) is 4.95. The fraction of sp³-hybridized carbons (Fsp3) is 0.105. The highest BCUT2D eigenvalue weighted by atomic mass is 16.6. The van der Waals surface area contributed by atoms with Gasteiger partial charge in [0.25, 0.3) is 0 Å². The van der Waals surface area contributed by atoms with Crippen molar-refractivity contribution in [1.82, 2.24) is 10.5 Å². The Morgan fingerprint density at radius 2 is 1.65 bits per heavy atom. The molecular weight excluding hydrogens is 288 g/mol. The molecule has 0 bridgehead atoms. The lowest BCUT2D eigenvalue weighted by Crippen LogP contribution is -2.00. The number of hydrogen-bond donors (Lipinski definition) is 1. The molecule has 2 aromatic carbocycles. The average molecular weight is 306 g/mol. The van der Waals surface area contributed by atoms with Crippen LogP contribution in [0, 0.1) is 0 Å². The highest BCUT2D eigenvalue weighted by Crippen LogP contribution is 2.32. The van der Waals surface area contributed by atoms with Crippen molar-refractivity contribution in [2.75, 3.05) is 7.11 Å². The number of nitrogens with one attached hydrogen (secondary N) is 1. The maximum absolute atomic E-state index is 6.00. The summed E-state index contributed by atoms with van der Waals surface area (Å²) in [5.41, 5.74) is 5.57. The Labute approximate surface area is 135 Å². The molecule has 1 N–H and O–H groups in total. The minimum absolute atomic E-state index is 0.586. The summed E-state index contributed by atoms with van der Waals surface area (Å²) in [6, 6.07) is 20.1. The Hall–Kier alpha value is -2.85. The number of nitrogens with zero attached hydrogens (tertiary/aromatic N) is 1. The molecule has 0 spiro atoms. The van der Waals surface area contributed by atoms with Gasteiger partial charge in [0.1, 0.15) is 5.69 Å². The van der Waals surface area contributed by atoms with Gasteiger partial charge in [0.05, 0.1) is 7.11 Å². The number of hydroxylamine groups is 1. The van der Waals surface area contributed by atoms with E-state index in [2.05, 4.69) is 10.5 Å². The SMILES string of the molecule is CONC=CCc1nc(-c2ccccc2)c(-c2ccccc2)o1. The average Bonchev–Trinajstić information content (AvgIpc) is 3.05. The van der Waals surface area contributed by atoms with Gasteiger partial charge in [-0.05, 0) is 0 Å². The highest BCUT2D eigenvalue weighted by molar-refractivity contribution is 5.76. The van der Waals surface area contributed by atoms with Gasteiger partial charge in [-0.25, -0.2) is 4.98 Å². The molecule has 0 radical (unpaired) electrons. The Balaban J connectivity index is 1.97. The van der Waals surface area contributed by atoms with E-state index in [0.717, 1.165) is 22.6 Å². The zero-order chi connectivity index (χ0) is 15.9. The van der Waals surface area contributed by atoms with E-state index in [1.807, 2.05) is 66.7 Å². The molecule has 1 aromatic heterocycles. The molecule has 0 aliphatic rings. The normalized spacial score (nSPS) is 11.0. The van der Waals surface area contributed by atoms with E-state index in [0.29, 0.717) is 12.3 Å². The molecule has 0 amide bonds. The van der Waals surface area contributed by atoms with Gasteiger partial charge in [0.15, 0.2) is 11.7 Å². The van der Waals surface area contributed by atoms with Gasteiger partial charge in [-0.3, -0.25) is 10.3 Å². The van der Waals surface area contributed by atoms with Gasteiger partial charge in [-0.15, -0.1) is 0 Å². The van der Waals surface area contributed by atoms with Crippen LogP contribution in [0.3, 0.4) is 0 Å². The summed E-state index contributed by atoms with van der Waals surface area (Å²) >= 11 is 0. The van der Waals surface area contributed by atoms with E-state index in [4.69, 9.17) is 9.25 Å². The van der Waals surface area contributed by atoms with Gasteiger partial charge in [0, 0.05) is 23.7 Å². The van der Waals surface area contributed by atoms with Crippen molar-refractivity contribution in [3.05, 3.63) is 78.8 Å². The molecule has 0 saturated carbocycles. The number of rotatable bonds is 6. The van der Waals surface area contributed by atoms with Gasteiger partial charge >= 0.3 is 0 Å². The molecular formula is C19H18N2O2. The van der Waals surface area contributed by atoms with Gasteiger partial charge in [-0.2, -0.15) is 0 Å². The minimum Gasteiger partial charge on any atom is -0.440 e. The van der Waals surface area contributed by atoms with E-state index < -0.39 is 0 Å². The number of oxazole rings is 1. The Morgan fingerprint density at radius 3 is 2.30 bits per heavy atom. The quantitative estimate of drug-likeness (QED) is 0.693. The number of allylic oxidation sites excluding steroid dienone is 1. The summed E-state index contributed by atoms with van der Waals surface area (Å²) in [7, 11) is 1.57. The molecule has 1 heterocycles. The van der Waals surface area contributed by atoms with E-state index in [1.54, 1.807) is 13.3 Å². The molecule has 23 heavy (non-hydrogen) atoms. The van der Waals surface area contributed by atoms with Crippen LogP contribution in [0.5, 0.6) is 0 Å². The monoisotopic (exact) mass is 306 g/mol. The zero-order valence-electron chi connectivity index (χ0n) is 12.9. The summed E-state index contributed by atoms with van der Waals surface area (Å²) in [6.45, 7) is 0. The van der Waals surface area contributed by atoms with Crippen molar-refractivity contribution >= 4 is 0 Å². The van der Waals surface area contributed by atoms with Crippen molar-refractivity contribution < 1.29 is 9.25 Å². The third-order valence-electron chi connectivity index (χ3n) is 3.35. The number of benzene rings is 2. The van der Waals surface area contributed by atoms with Crippen molar-refractivity contribution in [3.8, 4) is 22.6 Å². The number of hydrogen-bond acceptors (Lipinski definition) is 4. The van der Waals surface area contributed by atoms with E-state index in [1.165, 1.54) is 0 Å². The third-order valence-corrected chi connectivity index (χ3v) is 3.35. The molecule has 116 valence electrons. The van der Waals surface area contributed by atoms with Gasteiger partial charge in [0.2, 0.25) is 0 Å². The Morgan fingerprint density at radius 1 is 1.00 bits per heavy atom. The topological polar surface area (TPSA) is 47.3 Å². The van der Waals surface area contributed by atoms with Crippen molar-refractivity contribution in [2.24, 2.45) is 0 Å². The van der Waals surface area contributed by atoms with Crippen molar-refractivity contribution in [1.29, 1.82) is 0 Å². The highest BCUT2D eigenvalue weighted by Gasteiger charge is 2.15. The van der Waals surface area contributed by atoms with Crippen LogP contribution in [0.2, 0.25) is 0 Å². The molecule has 0 aliphatic heterocycles. The van der Waals surface area contributed by atoms with Crippen LogP contribution in [-0.2, 0) is 11.3 Å². The molecule has 0 aliphatic carbocycles. The first-order chi connectivity index (χ1) is 11.4. The van der Waals surface area contributed by atoms with Crippen LogP contribution < -0.4 is 5.48 Å². The Bertz CT molecular complexity index is 708. The summed E-state index contributed by atoms with van der Waals surface area (Å²) in [5.74, 6) is 1.46. The van der Waals surface area contributed by atoms with Crippen LogP contribution in [0.1, 0.15) is 5.89 Å². The predicted octanol–water partition coefficient (Wildman–Crippen LogP) is 4.22. The lowest BCUT2D eigenvalue weighted by Gasteiger charge is -2.00.